The molecule has 5 N–H and O–H groups in total. The molecule has 0 bridgehead atoms. The molecule has 0 radical (unpaired) electrons. The fraction of sp³-hybridized carbons (Fsp3) is 0. The molecule has 0 atom stereocenters. The summed E-state index contributed by atoms with van der Waals surface area (Å²) >= 11 is 0. The monoisotopic (exact) mass is 308 g/mol. The molecule has 0 amide bonds. The SMILES string of the molecule is N=C(N)c1ccc(N=Nc2c(N)ncc3ccc(F)cc23)cc1. The fourth-order valence-corrected chi connectivity index (χ4v) is 2.10. The Morgan fingerprint density at radius 2 is 1.83 bits per heavy atom. The van der Waals surface area contributed by atoms with Crippen molar-refractivity contribution >= 4 is 33.8 Å². The molecule has 23 heavy (non-hydrogen) atoms. The van der Waals surface area contributed by atoms with E-state index in [0.29, 0.717) is 22.3 Å². The Morgan fingerprint density at radius 1 is 1.09 bits per heavy atom. The second-order valence-corrected chi connectivity index (χ2v) is 4.88. The number of aromatic nitrogens is 1. The minimum Gasteiger partial charge on any atom is -0.384 e. The Bertz CT molecular complexity index is 913. The molecule has 0 spiro atoms. The maximum atomic E-state index is 13.5. The van der Waals surface area contributed by atoms with Gasteiger partial charge in [0.25, 0.3) is 0 Å². The van der Waals surface area contributed by atoms with Gasteiger partial charge in [0.2, 0.25) is 0 Å². The standard InChI is InChI=1S/C16H13FN6/c17-11-4-1-10-8-21-16(20)14(13(10)7-11)23-22-12-5-2-9(3-6-12)15(18)19/h1-8H,(H3,18,19)(H2,20,21). The average Bonchev–Trinajstić information content (AvgIpc) is 2.54. The van der Waals surface area contributed by atoms with Crippen LogP contribution < -0.4 is 11.5 Å². The second-order valence-electron chi connectivity index (χ2n) is 4.88. The largest absolute Gasteiger partial charge is 0.384 e. The molecule has 0 aliphatic rings. The van der Waals surface area contributed by atoms with Gasteiger partial charge in [0.05, 0.1) is 5.69 Å². The second kappa shape index (κ2) is 5.80. The molecular weight excluding hydrogens is 295 g/mol. The molecule has 7 heteroatoms. The van der Waals surface area contributed by atoms with Crippen molar-refractivity contribution in [2.24, 2.45) is 16.0 Å². The predicted molar refractivity (Wildman–Crippen MR) is 87.7 cm³/mol. The summed E-state index contributed by atoms with van der Waals surface area (Å²) in [6.45, 7) is 0. The van der Waals surface area contributed by atoms with E-state index in [0.717, 1.165) is 5.39 Å². The summed E-state index contributed by atoms with van der Waals surface area (Å²) in [7, 11) is 0. The van der Waals surface area contributed by atoms with E-state index >= 15 is 0 Å². The van der Waals surface area contributed by atoms with E-state index in [9.17, 15) is 4.39 Å². The smallest absolute Gasteiger partial charge is 0.151 e. The molecule has 0 saturated carbocycles. The lowest BCUT2D eigenvalue weighted by Crippen LogP contribution is -2.10. The fourth-order valence-electron chi connectivity index (χ4n) is 2.10. The molecule has 0 aliphatic carbocycles. The first-order valence-electron chi connectivity index (χ1n) is 6.74. The minimum atomic E-state index is -0.384. The van der Waals surface area contributed by atoms with Crippen LogP contribution in [0.1, 0.15) is 5.56 Å². The number of hydrogen-bond donors (Lipinski definition) is 3. The van der Waals surface area contributed by atoms with Gasteiger partial charge in [-0.1, -0.05) is 0 Å². The maximum Gasteiger partial charge on any atom is 0.151 e. The van der Waals surface area contributed by atoms with Crippen LogP contribution in [0.5, 0.6) is 0 Å². The van der Waals surface area contributed by atoms with Crippen LogP contribution in [0, 0.1) is 11.2 Å². The lowest BCUT2D eigenvalue weighted by atomic mass is 10.1. The minimum absolute atomic E-state index is 0.0218. The molecule has 114 valence electrons. The Balaban J connectivity index is 2.01. The number of nitrogen functional groups attached to an aromatic ring is 2. The van der Waals surface area contributed by atoms with Gasteiger partial charge in [-0.15, -0.1) is 5.11 Å². The first kappa shape index (κ1) is 14.6. The summed E-state index contributed by atoms with van der Waals surface area (Å²) < 4.78 is 13.5. The van der Waals surface area contributed by atoms with Crippen LogP contribution in [-0.4, -0.2) is 10.8 Å². The van der Waals surface area contributed by atoms with Crippen LogP contribution in [0.3, 0.4) is 0 Å². The third kappa shape index (κ3) is 2.98. The summed E-state index contributed by atoms with van der Waals surface area (Å²) in [4.78, 5) is 4.04. The molecule has 0 aliphatic heterocycles. The van der Waals surface area contributed by atoms with Crippen molar-refractivity contribution in [3.63, 3.8) is 0 Å². The van der Waals surface area contributed by atoms with Gasteiger partial charge in [0, 0.05) is 22.5 Å². The predicted octanol–water partition coefficient (Wildman–Crippen LogP) is 3.66. The Kier molecular flexibility index (Phi) is 3.68. The number of fused-ring (bicyclic) bond motifs is 1. The summed E-state index contributed by atoms with van der Waals surface area (Å²) in [6.07, 6.45) is 1.56. The van der Waals surface area contributed by atoms with E-state index in [1.54, 1.807) is 36.5 Å². The average molecular weight is 308 g/mol. The summed E-state index contributed by atoms with van der Waals surface area (Å²) in [5.41, 5.74) is 12.7. The van der Waals surface area contributed by atoms with E-state index < -0.39 is 0 Å². The summed E-state index contributed by atoms with van der Waals surface area (Å²) in [5.74, 6) is -0.232. The number of benzene rings is 2. The van der Waals surface area contributed by atoms with Gasteiger partial charge in [-0.3, -0.25) is 5.41 Å². The van der Waals surface area contributed by atoms with Gasteiger partial charge in [-0.2, -0.15) is 5.11 Å². The molecule has 1 heterocycles. The van der Waals surface area contributed by atoms with Crippen LogP contribution in [0.4, 0.5) is 21.6 Å². The van der Waals surface area contributed by atoms with Crippen molar-refractivity contribution in [2.45, 2.75) is 0 Å². The Morgan fingerprint density at radius 3 is 2.52 bits per heavy atom. The molecule has 6 nitrogen and oxygen atoms in total. The van der Waals surface area contributed by atoms with E-state index in [2.05, 4.69) is 15.2 Å². The highest BCUT2D eigenvalue weighted by Crippen LogP contribution is 2.32. The number of halogens is 1. The number of amidine groups is 1. The zero-order valence-corrected chi connectivity index (χ0v) is 12.0. The van der Waals surface area contributed by atoms with Crippen LogP contribution >= 0.6 is 0 Å². The first-order valence-corrected chi connectivity index (χ1v) is 6.74. The van der Waals surface area contributed by atoms with Crippen LogP contribution in [0.25, 0.3) is 10.8 Å². The third-order valence-electron chi connectivity index (χ3n) is 3.30. The van der Waals surface area contributed by atoms with Crippen molar-refractivity contribution in [3.8, 4) is 0 Å². The van der Waals surface area contributed by atoms with Crippen LogP contribution in [0.15, 0.2) is 58.9 Å². The molecule has 1 aromatic heterocycles. The number of hydrogen-bond acceptors (Lipinski definition) is 5. The molecular formula is C16H13FN6. The van der Waals surface area contributed by atoms with Crippen molar-refractivity contribution in [1.29, 1.82) is 5.41 Å². The molecule has 2 aromatic carbocycles. The number of nitrogens with one attached hydrogen (secondary N) is 1. The van der Waals surface area contributed by atoms with Gasteiger partial charge in [0.15, 0.2) is 5.82 Å². The highest BCUT2D eigenvalue weighted by Gasteiger charge is 2.07. The van der Waals surface area contributed by atoms with Gasteiger partial charge in [0.1, 0.15) is 17.3 Å². The number of pyridine rings is 1. The zero-order chi connectivity index (χ0) is 16.4. The van der Waals surface area contributed by atoms with Crippen molar-refractivity contribution in [2.75, 3.05) is 5.73 Å². The molecule has 3 aromatic rings. The van der Waals surface area contributed by atoms with Crippen molar-refractivity contribution in [1.82, 2.24) is 4.98 Å². The lowest BCUT2D eigenvalue weighted by molar-refractivity contribution is 0.630. The Hall–Kier alpha value is -3.35. The first-order chi connectivity index (χ1) is 11.0. The number of nitrogens with zero attached hydrogens (tertiary/aromatic N) is 3. The van der Waals surface area contributed by atoms with E-state index in [1.165, 1.54) is 12.1 Å². The van der Waals surface area contributed by atoms with Crippen LogP contribution in [-0.2, 0) is 0 Å². The molecule has 3 rings (SSSR count). The highest BCUT2D eigenvalue weighted by atomic mass is 19.1. The Labute approximate surface area is 131 Å². The third-order valence-corrected chi connectivity index (χ3v) is 3.30. The van der Waals surface area contributed by atoms with Crippen molar-refractivity contribution < 1.29 is 4.39 Å². The van der Waals surface area contributed by atoms with Gasteiger partial charge in [-0.25, -0.2) is 9.37 Å². The topological polar surface area (TPSA) is 114 Å². The van der Waals surface area contributed by atoms with Crippen molar-refractivity contribution in [3.05, 3.63) is 60.0 Å². The number of anilines is 1. The van der Waals surface area contributed by atoms with Gasteiger partial charge in [-0.05, 0) is 42.5 Å². The number of azo groups is 1. The van der Waals surface area contributed by atoms with Gasteiger partial charge >= 0.3 is 0 Å². The molecule has 0 unspecified atom stereocenters. The summed E-state index contributed by atoms with van der Waals surface area (Å²) in [6, 6.07) is 11.0. The van der Waals surface area contributed by atoms with Gasteiger partial charge < -0.3 is 11.5 Å². The van der Waals surface area contributed by atoms with E-state index in [-0.39, 0.29) is 17.5 Å². The zero-order valence-electron chi connectivity index (χ0n) is 12.0. The maximum absolute atomic E-state index is 13.5. The van der Waals surface area contributed by atoms with Crippen LogP contribution in [0.2, 0.25) is 0 Å². The molecule has 0 saturated heterocycles. The quantitative estimate of drug-likeness (QED) is 0.389. The normalized spacial score (nSPS) is 11.2. The van der Waals surface area contributed by atoms with E-state index in [4.69, 9.17) is 16.9 Å². The van der Waals surface area contributed by atoms with E-state index in [1.807, 2.05) is 0 Å². The lowest BCUT2D eigenvalue weighted by Gasteiger charge is -2.04. The molecule has 0 fully saturated rings. The number of rotatable bonds is 3. The highest BCUT2D eigenvalue weighted by molar-refractivity contribution is 5.96. The number of nitrogens with two attached hydrogens (primary N) is 2. The summed E-state index contributed by atoms with van der Waals surface area (Å²) in [5, 5.41) is 16.8.